The molecular formula is C21H21N7O2. The lowest BCUT2D eigenvalue weighted by molar-refractivity contribution is 0.191. The average molecular weight is 403 g/mol. The third-order valence-corrected chi connectivity index (χ3v) is 4.54. The molecule has 4 aromatic rings. The lowest BCUT2D eigenvalue weighted by atomic mass is 10.1. The fourth-order valence-corrected chi connectivity index (χ4v) is 3.01. The number of aliphatic hydroxyl groups is 1. The highest BCUT2D eigenvalue weighted by Crippen LogP contribution is 2.18. The van der Waals surface area contributed by atoms with E-state index in [9.17, 15) is 9.90 Å². The van der Waals surface area contributed by atoms with Gasteiger partial charge in [-0.25, -0.2) is 19.4 Å². The van der Waals surface area contributed by atoms with Gasteiger partial charge in [0, 0.05) is 18.4 Å². The van der Waals surface area contributed by atoms with Gasteiger partial charge >= 0.3 is 5.69 Å². The highest BCUT2D eigenvalue weighted by atomic mass is 16.3. The average Bonchev–Trinajstić information content (AvgIpc) is 3.11. The molecule has 0 spiro atoms. The quantitative estimate of drug-likeness (QED) is 0.374. The van der Waals surface area contributed by atoms with E-state index in [-0.39, 0.29) is 5.69 Å². The molecule has 2 heterocycles. The Hall–Kier alpha value is -3.98. The van der Waals surface area contributed by atoms with Crippen LogP contribution in [-0.4, -0.2) is 36.4 Å². The molecule has 30 heavy (non-hydrogen) atoms. The van der Waals surface area contributed by atoms with Crippen LogP contribution in [0.1, 0.15) is 17.5 Å². The van der Waals surface area contributed by atoms with Gasteiger partial charge in [-0.05, 0) is 42.8 Å². The molecule has 0 aliphatic rings. The zero-order valence-electron chi connectivity index (χ0n) is 16.3. The van der Waals surface area contributed by atoms with E-state index in [2.05, 4.69) is 30.8 Å². The number of nitrogens with zero attached hydrogens (tertiary/aromatic N) is 4. The Morgan fingerprint density at radius 3 is 2.57 bits per heavy atom. The van der Waals surface area contributed by atoms with Crippen molar-refractivity contribution in [3.63, 3.8) is 0 Å². The molecule has 0 aliphatic carbocycles. The van der Waals surface area contributed by atoms with Gasteiger partial charge in [0.2, 0.25) is 5.95 Å². The number of aromatic nitrogens is 5. The van der Waals surface area contributed by atoms with Crippen molar-refractivity contribution >= 4 is 17.5 Å². The van der Waals surface area contributed by atoms with Crippen molar-refractivity contribution < 1.29 is 5.11 Å². The van der Waals surface area contributed by atoms with Crippen LogP contribution in [0.15, 0.2) is 71.7 Å². The fourth-order valence-electron chi connectivity index (χ4n) is 3.01. The maximum atomic E-state index is 11.8. The summed E-state index contributed by atoms with van der Waals surface area (Å²) in [4.78, 5) is 20.5. The summed E-state index contributed by atoms with van der Waals surface area (Å²) in [5.74, 6) is 1.60. The molecule has 152 valence electrons. The summed E-state index contributed by atoms with van der Waals surface area (Å²) < 4.78 is 1.49. The molecule has 0 amide bonds. The SMILES string of the molecule is Cc1n[nH]c(=O)n1-c1ccc(Nc2nccc(NCC(O)c3ccccc3)n2)cc1. The molecule has 4 N–H and O–H groups in total. The van der Waals surface area contributed by atoms with E-state index in [0.29, 0.717) is 29.8 Å². The number of hydrogen-bond donors (Lipinski definition) is 4. The monoisotopic (exact) mass is 403 g/mol. The Balaban J connectivity index is 1.41. The molecule has 0 aliphatic heterocycles. The molecule has 9 nitrogen and oxygen atoms in total. The van der Waals surface area contributed by atoms with Crippen LogP contribution in [0.4, 0.5) is 17.5 Å². The number of nitrogens with one attached hydrogen (secondary N) is 3. The van der Waals surface area contributed by atoms with Crippen LogP contribution in [0.2, 0.25) is 0 Å². The Morgan fingerprint density at radius 2 is 1.87 bits per heavy atom. The van der Waals surface area contributed by atoms with E-state index in [1.54, 1.807) is 19.2 Å². The van der Waals surface area contributed by atoms with E-state index >= 15 is 0 Å². The second-order valence-electron chi connectivity index (χ2n) is 6.66. The molecule has 1 atom stereocenters. The van der Waals surface area contributed by atoms with Gasteiger partial charge in [-0.3, -0.25) is 0 Å². The summed E-state index contributed by atoms with van der Waals surface area (Å²) >= 11 is 0. The van der Waals surface area contributed by atoms with Crippen molar-refractivity contribution in [3.05, 3.63) is 88.7 Å². The molecule has 4 rings (SSSR count). The third-order valence-electron chi connectivity index (χ3n) is 4.54. The number of hydrogen-bond acceptors (Lipinski definition) is 7. The maximum absolute atomic E-state index is 11.8. The standard InChI is InChI=1S/C21H21N7O2/c1-14-26-27-21(30)28(14)17-9-7-16(8-10-17)24-20-22-12-11-19(25-20)23-13-18(29)15-5-3-2-4-6-15/h2-12,18,29H,13H2,1H3,(H,27,30)(H2,22,23,24,25). The molecule has 1 unspecified atom stereocenters. The number of aryl methyl sites for hydroxylation is 1. The molecule has 0 saturated heterocycles. The topological polar surface area (TPSA) is 121 Å². The molecule has 9 heteroatoms. The predicted octanol–water partition coefficient (Wildman–Crippen LogP) is 2.55. The summed E-state index contributed by atoms with van der Waals surface area (Å²) in [6, 6.07) is 18.5. The van der Waals surface area contributed by atoms with Gasteiger partial charge in [0.15, 0.2) is 0 Å². The van der Waals surface area contributed by atoms with E-state index < -0.39 is 6.10 Å². The van der Waals surface area contributed by atoms with Gasteiger partial charge in [-0.15, -0.1) is 0 Å². The van der Waals surface area contributed by atoms with Gasteiger partial charge < -0.3 is 15.7 Å². The summed E-state index contributed by atoms with van der Waals surface area (Å²) in [7, 11) is 0. The smallest absolute Gasteiger partial charge is 0.347 e. The number of aliphatic hydroxyl groups excluding tert-OH is 1. The van der Waals surface area contributed by atoms with Crippen molar-refractivity contribution in [2.24, 2.45) is 0 Å². The molecule has 0 bridgehead atoms. The first-order valence-electron chi connectivity index (χ1n) is 9.41. The minimum absolute atomic E-state index is 0.284. The van der Waals surface area contributed by atoms with Crippen LogP contribution < -0.4 is 16.3 Å². The van der Waals surface area contributed by atoms with Gasteiger partial charge in [0.05, 0.1) is 11.8 Å². The normalized spacial score (nSPS) is 11.8. The summed E-state index contributed by atoms with van der Waals surface area (Å²) in [6.45, 7) is 2.08. The number of H-pyrrole nitrogens is 1. The van der Waals surface area contributed by atoms with Crippen molar-refractivity contribution in [1.82, 2.24) is 24.7 Å². The Labute approximate surface area is 172 Å². The minimum atomic E-state index is -0.639. The summed E-state index contributed by atoms with van der Waals surface area (Å²) in [5, 5.41) is 22.9. The fraction of sp³-hybridized carbons (Fsp3) is 0.143. The zero-order valence-corrected chi connectivity index (χ0v) is 16.3. The third kappa shape index (κ3) is 4.36. The Bertz CT molecular complexity index is 1170. The van der Waals surface area contributed by atoms with Gasteiger partial charge in [-0.2, -0.15) is 10.1 Å². The van der Waals surface area contributed by atoms with Crippen LogP contribution in [-0.2, 0) is 0 Å². The predicted molar refractivity (Wildman–Crippen MR) is 114 cm³/mol. The molecule has 0 saturated carbocycles. The number of anilines is 3. The van der Waals surface area contributed by atoms with Crippen LogP contribution in [0.5, 0.6) is 0 Å². The van der Waals surface area contributed by atoms with Crippen molar-refractivity contribution in [1.29, 1.82) is 0 Å². The van der Waals surface area contributed by atoms with Crippen LogP contribution in [0.25, 0.3) is 5.69 Å². The lowest BCUT2D eigenvalue weighted by Crippen LogP contribution is -2.15. The molecule has 2 aromatic carbocycles. The first-order chi connectivity index (χ1) is 14.6. The molecule has 2 aromatic heterocycles. The Kier molecular flexibility index (Phi) is 5.53. The molecular weight excluding hydrogens is 382 g/mol. The van der Waals surface area contributed by atoms with E-state index in [4.69, 9.17) is 0 Å². The number of benzene rings is 2. The second kappa shape index (κ2) is 8.58. The van der Waals surface area contributed by atoms with Crippen LogP contribution in [0.3, 0.4) is 0 Å². The van der Waals surface area contributed by atoms with Gasteiger partial charge in [-0.1, -0.05) is 30.3 Å². The Morgan fingerprint density at radius 1 is 1.10 bits per heavy atom. The van der Waals surface area contributed by atoms with E-state index in [0.717, 1.165) is 11.3 Å². The van der Waals surface area contributed by atoms with E-state index in [1.165, 1.54) is 4.57 Å². The van der Waals surface area contributed by atoms with Crippen molar-refractivity contribution in [2.75, 3.05) is 17.2 Å². The van der Waals surface area contributed by atoms with Crippen LogP contribution >= 0.6 is 0 Å². The van der Waals surface area contributed by atoms with Gasteiger partial charge in [0.25, 0.3) is 0 Å². The van der Waals surface area contributed by atoms with E-state index in [1.807, 2.05) is 54.6 Å². The maximum Gasteiger partial charge on any atom is 0.347 e. The first kappa shape index (κ1) is 19.3. The van der Waals surface area contributed by atoms with Crippen LogP contribution in [0, 0.1) is 6.92 Å². The highest BCUT2D eigenvalue weighted by molar-refractivity contribution is 5.57. The summed E-state index contributed by atoms with van der Waals surface area (Å²) in [6.07, 6.45) is 0.995. The lowest BCUT2D eigenvalue weighted by Gasteiger charge is -2.13. The minimum Gasteiger partial charge on any atom is -0.387 e. The second-order valence-corrected chi connectivity index (χ2v) is 6.66. The zero-order chi connectivity index (χ0) is 20.9. The molecule has 0 fully saturated rings. The summed E-state index contributed by atoms with van der Waals surface area (Å²) in [5.41, 5.74) is 2.04. The largest absolute Gasteiger partial charge is 0.387 e. The van der Waals surface area contributed by atoms with Crippen molar-refractivity contribution in [3.8, 4) is 5.69 Å². The molecule has 0 radical (unpaired) electrons. The van der Waals surface area contributed by atoms with Crippen molar-refractivity contribution in [2.45, 2.75) is 13.0 Å². The highest BCUT2D eigenvalue weighted by Gasteiger charge is 2.08. The number of rotatable bonds is 7. The first-order valence-corrected chi connectivity index (χ1v) is 9.41. The van der Waals surface area contributed by atoms with Gasteiger partial charge in [0.1, 0.15) is 11.6 Å². The number of aromatic amines is 1.